The van der Waals surface area contributed by atoms with Gasteiger partial charge in [-0.3, -0.25) is 0 Å². The van der Waals surface area contributed by atoms with Gasteiger partial charge in [0, 0.05) is 12.5 Å². The Bertz CT molecular complexity index is 695. The Labute approximate surface area is 127 Å². The van der Waals surface area contributed by atoms with E-state index in [1.807, 2.05) is 0 Å². The van der Waals surface area contributed by atoms with Gasteiger partial charge in [0.1, 0.15) is 5.82 Å². The van der Waals surface area contributed by atoms with Gasteiger partial charge in [0.15, 0.2) is 11.5 Å². The minimum atomic E-state index is -0.538. The molecule has 2 rings (SSSR count). The Morgan fingerprint density at radius 2 is 1.95 bits per heavy atom. The molecule has 0 aliphatic rings. The van der Waals surface area contributed by atoms with Crippen molar-refractivity contribution in [2.75, 3.05) is 6.61 Å². The number of ether oxygens (including phenoxy) is 1. The topological polar surface area (TPSA) is 66.8 Å². The first-order chi connectivity index (χ1) is 10.5. The van der Waals surface area contributed by atoms with Gasteiger partial charge in [0.05, 0.1) is 6.61 Å². The van der Waals surface area contributed by atoms with Crippen LogP contribution in [0, 0.1) is 5.82 Å². The van der Waals surface area contributed by atoms with Crippen molar-refractivity contribution < 1.29 is 24.1 Å². The van der Waals surface area contributed by atoms with Crippen LogP contribution in [0.4, 0.5) is 4.39 Å². The molecule has 0 saturated carbocycles. The van der Waals surface area contributed by atoms with Crippen LogP contribution in [0.3, 0.4) is 0 Å². The molecule has 0 spiro atoms. The Hall–Kier alpha value is -2.82. The maximum atomic E-state index is 13.0. The number of esters is 1. The van der Waals surface area contributed by atoms with Gasteiger partial charge < -0.3 is 14.9 Å². The summed E-state index contributed by atoms with van der Waals surface area (Å²) >= 11 is 0. The predicted molar refractivity (Wildman–Crippen MR) is 79.9 cm³/mol. The zero-order valence-corrected chi connectivity index (χ0v) is 11.7. The van der Waals surface area contributed by atoms with Gasteiger partial charge in [-0.15, -0.1) is 0 Å². The molecule has 2 N–H and O–H groups in total. The molecule has 4 nitrogen and oxygen atoms in total. The molecule has 0 aliphatic carbocycles. The number of rotatable bonds is 5. The molecule has 0 saturated heterocycles. The Balaban J connectivity index is 1.82. The normalized spacial score (nSPS) is 10.8. The minimum Gasteiger partial charge on any atom is -0.504 e. The van der Waals surface area contributed by atoms with E-state index in [9.17, 15) is 19.4 Å². The Morgan fingerprint density at radius 3 is 2.68 bits per heavy atom. The van der Waals surface area contributed by atoms with E-state index in [0.29, 0.717) is 12.0 Å². The Kier molecular flexibility index (Phi) is 5.14. The largest absolute Gasteiger partial charge is 0.504 e. The highest BCUT2D eigenvalue weighted by Crippen LogP contribution is 2.25. The van der Waals surface area contributed by atoms with E-state index < -0.39 is 5.97 Å². The summed E-state index contributed by atoms with van der Waals surface area (Å²) < 4.78 is 18.0. The number of phenolic OH excluding ortho intramolecular Hbond substituents is 2. The van der Waals surface area contributed by atoms with Crippen molar-refractivity contribution in [2.45, 2.75) is 6.42 Å². The molecule has 2 aromatic carbocycles. The Morgan fingerprint density at radius 1 is 1.14 bits per heavy atom. The van der Waals surface area contributed by atoms with Crippen LogP contribution in [0.15, 0.2) is 48.5 Å². The van der Waals surface area contributed by atoms with Crippen LogP contribution in [0.2, 0.25) is 0 Å². The molecule has 0 aromatic heterocycles. The first-order valence-corrected chi connectivity index (χ1v) is 6.66. The van der Waals surface area contributed by atoms with E-state index in [1.54, 1.807) is 18.2 Å². The van der Waals surface area contributed by atoms with Crippen LogP contribution in [0.5, 0.6) is 11.5 Å². The smallest absolute Gasteiger partial charge is 0.330 e. The fraction of sp³-hybridized carbons (Fsp3) is 0.118. The summed E-state index contributed by atoms with van der Waals surface area (Å²) in [6.07, 6.45) is 3.11. The van der Waals surface area contributed by atoms with Gasteiger partial charge >= 0.3 is 5.97 Å². The first-order valence-electron chi connectivity index (χ1n) is 6.66. The standard InChI is InChI=1S/C17H15FO4/c18-14-3-1-2-12(10-14)8-9-22-17(21)7-5-13-4-6-15(19)16(20)11-13/h1-7,10-11,19-20H,8-9H2/b7-5+. The monoisotopic (exact) mass is 302 g/mol. The number of aromatic hydroxyl groups is 2. The number of phenols is 2. The molecule has 0 atom stereocenters. The quantitative estimate of drug-likeness (QED) is 0.506. The summed E-state index contributed by atoms with van der Waals surface area (Å²) in [6.45, 7) is 0.146. The zero-order chi connectivity index (χ0) is 15.9. The number of carbonyl (C=O) groups excluding carboxylic acids is 1. The third kappa shape index (κ3) is 4.63. The molecule has 22 heavy (non-hydrogen) atoms. The molecule has 0 unspecified atom stereocenters. The average Bonchev–Trinajstić information content (AvgIpc) is 2.48. The van der Waals surface area contributed by atoms with Crippen molar-refractivity contribution in [3.05, 3.63) is 65.5 Å². The average molecular weight is 302 g/mol. The summed E-state index contributed by atoms with van der Waals surface area (Å²) in [6, 6.07) is 10.3. The molecule has 5 heteroatoms. The van der Waals surface area contributed by atoms with E-state index >= 15 is 0 Å². The molecule has 0 heterocycles. The molecule has 0 aliphatic heterocycles. The van der Waals surface area contributed by atoms with Gasteiger partial charge in [-0.1, -0.05) is 18.2 Å². The third-order valence-corrected chi connectivity index (χ3v) is 2.94. The minimum absolute atomic E-state index is 0.146. The summed E-state index contributed by atoms with van der Waals surface area (Å²) in [4.78, 5) is 11.5. The van der Waals surface area contributed by atoms with Gasteiger partial charge in [0.2, 0.25) is 0 Å². The van der Waals surface area contributed by atoms with E-state index in [0.717, 1.165) is 5.56 Å². The summed E-state index contributed by atoms with van der Waals surface area (Å²) in [5.41, 5.74) is 1.30. The second-order valence-electron chi connectivity index (χ2n) is 4.63. The SMILES string of the molecule is O=C(/C=C/c1ccc(O)c(O)c1)OCCc1cccc(F)c1. The van der Waals surface area contributed by atoms with Crippen LogP contribution in [-0.4, -0.2) is 22.8 Å². The number of benzene rings is 2. The number of hydrogen-bond acceptors (Lipinski definition) is 4. The van der Waals surface area contributed by atoms with Crippen LogP contribution in [0.1, 0.15) is 11.1 Å². The van der Waals surface area contributed by atoms with E-state index in [4.69, 9.17) is 4.74 Å². The highest BCUT2D eigenvalue weighted by molar-refractivity contribution is 5.87. The van der Waals surface area contributed by atoms with Crippen molar-refractivity contribution >= 4 is 12.0 Å². The highest BCUT2D eigenvalue weighted by atomic mass is 19.1. The van der Waals surface area contributed by atoms with Crippen LogP contribution in [-0.2, 0) is 16.0 Å². The second-order valence-corrected chi connectivity index (χ2v) is 4.63. The molecular weight excluding hydrogens is 287 g/mol. The lowest BCUT2D eigenvalue weighted by molar-refractivity contribution is -0.137. The number of hydrogen-bond donors (Lipinski definition) is 2. The predicted octanol–water partition coefficient (Wildman–Crippen LogP) is 3.04. The maximum Gasteiger partial charge on any atom is 0.330 e. The number of carbonyl (C=O) groups is 1. The first kappa shape index (κ1) is 15.6. The van der Waals surface area contributed by atoms with Gasteiger partial charge in [-0.25, -0.2) is 9.18 Å². The van der Waals surface area contributed by atoms with Crippen molar-refractivity contribution in [1.29, 1.82) is 0 Å². The molecule has 0 amide bonds. The fourth-order valence-corrected chi connectivity index (χ4v) is 1.82. The lowest BCUT2D eigenvalue weighted by atomic mass is 10.1. The molecule has 114 valence electrons. The molecule has 0 bridgehead atoms. The summed E-state index contributed by atoms with van der Waals surface area (Å²) in [5, 5.41) is 18.5. The third-order valence-electron chi connectivity index (χ3n) is 2.94. The van der Waals surface area contributed by atoms with Crippen LogP contribution >= 0.6 is 0 Å². The van der Waals surface area contributed by atoms with Gasteiger partial charge in [0.25, 0.3) is 0 Å². The maximum absolute atomic E-state index is 13.0. The fourth-order valence-electron chi connectivity index (χ4n) is 1.82. The highest BCUT2D eigenvalue weighted by Gasteiger charge is 2.01. The molecular formula is C17H15FO4. The van der Waals surface area contributed by atoms with Crippen molar-refractivity contribution in [3.8, 4) is 11.5 Å². The second kappa shape index (κ2) is 7.26. The van der Waals surface area contributed by atoms with Gasteiger partial charge in [-0.2, -0.15) is 0 Å². The van der Waals surface area contributed by atoms with E-state index in [-0.39, 0.29) is 23.9 Å². The van der Waals surface area contributed by atoms with Crippen molar-refractivity contribution in [1.82, 2.24) is 0 Å². The molecule has 2 aromatic rings. The van der Waals surface area contributed by atoms with Crippen molar-refractivity contribution in [2.24, 2.45) is 0 Å². The van der Waals surface area contributed by atoms with E-state index in [1.165, 1.54) is 36.4 Å². The number of halogens is 1. The van der Waals surface area contributed by atoms with E-state index in [2.05, 4.69) is 0 Å². The lowest BCUT2D eigenvalue weighted by Gasteiger charge is -2.03. The summed E-state index contributed by atoms with van der Waals surface area (Å²) in [7, 11) is 0. The van der Waals surface area contributed by atoms with Crippen molar-refractivity contribution in [3.63, 3.8) is 0 Å². The molecule has 0 fully saturated rings. The van der Waals surface area contributed by atoms with Crippen LogP contribution in [0.25, 0.3) is 6.08 Å². The zero-order valence-electron chi connectivity index (χ0n) is 11.7. The lowest BCUT2D eigenvalue weighted by Crippen LogP contribution is -2.04. The van der Waals surface area contributed by atoms with Gasteiger partial charge in [-0.05, 0) is 41.5 Å². The van der Waals surface area contributed by atoms with Crippen LogP contribution < -0.4 is 0 Å². The summed E-state index contributed by atoms with van der Waals surface area (Å²) in [5.74, 6) is -1.35. The molecule has 0 radical (unpaired) electrons.